The number of hydrogen-bond acceptors (Lipinski definition) is 1. The van der Waals surface area contributed by atoms with E-state index < -0.39 is 0 Å². The van der Waals surface area contributed by atoms with Crippen molar-refractivity contribution in [3.05, 3.63) is 37.0 Å². The zero-order valence-corrected chi connectivity index (χ0v) is 8.21. The van der Waals surface area contributed by atoms with Gasteiger partial charge in [-0.25, -0.2) is 0 Å². The first-order valence-corrected chi connectivity index (χ1v) is 4.28. The van der Waals surface area contributed by atoms with Gasteiger partial charge in [-0.1, -0.05) is 23.8 Å². The summed E-state index contributed by atoms with van der Waals surface area (Å²) in [6.45, 7) is 14.5. The molecule has 0 atom stereocenters. The van der Waals surface area contributed by atoms with E-state index in [0.29, 0.717) is 0 Å². The van der Waals surface area contributed by atoms with Gasteiger partial charge in [0.25, 0.3) is 0 Å². The molecule has 0 aliphatic carbocycles. The second kappa shape index (κ2) is 6.86. The molecular formula is C11H19N. The molecule has 0 radical (unpaired) electrons. The minimum absolute atomic E-state index is 0.926. The summed E-state index contributed by atoms with van der Waals surface area (Å²) < 4.78 is 0. The van der Waals surface area contributed by atoms with Crippen molar-refractivity contribution >= 4 is 0 Å². The Labute approximate surface area is 76.1 Å². The third-order valence-electron chi connectivity index (χ3n) is 1.53. The predicted molar refractivity (Wildman–Crippen MR) is 56.3 cm³/mol. The van der Waals surface area contributed by atoms with E-state index in [9.17, 15) is 0 Å². The highest BCUT2D eigenvalue weighted by atomic mass is 15.1. The van der Waals surface area contributed by atoms with Crippen LogP contribution in [0.4, 0.5) is 0 Å². The van der Waals surface area contributed by atoms with Gasteiger partial charge in [0.1, 0.15) is 0 Å². The van der Waals surface area contributed by atoms with Crippen molar-refractivity contribution in [3.8, 4) is 0 Å². The largest absolute Gasteiger partial charge is 0.292 e. The molecule has 0 spiro atoms. The fraction of sp³-hybridized carbons (Fsp3) is 0.455. The SMILES string of the molecule is C=CCN(CC=C)CC=C(C)C. The minimum Gasteiger partial charge on any atom is -0.292 e. The molecule has 0 bridgehead atoms. The lowest BCUT2D eigenvalue weighted by atomic mass is 10.3. The Morgan fingerprint density at radius 2 is 1.58 bits per heavy atom. The molecular weight excluding hydrogens is 146 g/mol. The van der Waals surface area contributed by atoms with Gasteiger partial charge in [-0.05, 0) is 13.8 Å². The zero-order valence-electron chi connectivity index (χ0n) is 8.21. The first-order chi connectivity index (χ1) is 5.70. The molecule has 0 fully saturated rings. The maximum Gasteiger partial charge on any atom is 0.0172 e. The number of hydrogen-bond donors (Lipinski definition) is 0. The fourth-order valence-corrected chi connectivity index (χ4v) is 0.900. The summed E-state index contributed by atoms with van der Waals surface area (Å²) in [6.07, 6.45) is 6.05. The van der Waals surface area contributed by atoms with Gasteiger partial charge >= 0.3 is 0 Å². The molecule has 0 amide bonds. The second-order valence-electron chi connectivity index (χ2n) is 3.08. The van der Waals surface area contributed by atoms with Crippen LogP contribution in [-0.4, -0.2) is 24.5 Å². The Morgan fingerprint density at radius 3 is 1.92 bits per heavy atom. The number of rotatable bonds is 6. The first-order valence-electron chi connectivity index (χ1n) is 4.28. The van der Waals surface area contributed by atoms with Crippen LogP contribution in [0, 0.1) is 0 Å². The van der Waals surface area contributed by atoms with Gasteiger partial charge in [-0.2, -0.15) is 0 Å². The Bertz CT molecular complexity index is 154. The molecule has 0 heterocycles. The van der Waals surface area contributed by atoms with Crippen molar-refractivity contribution in [1.82, 2.24) is 4.90 Å². The molecule has 0 N–H and O–H groups in total. The molecule has 0 rings (SSSR count). The smallest absolute Gasteiger partial charge is 0.0172 e. The Balaban J connectivity index is 3.85. The van der Waals surface area contributed by atoms with Gasteiger partial charge in [0.05, 0.1) is 0 Å². The van der Waals surface area contributed by atoms with E-state index in [-0.39, 0.29) is 0 Å². The van der Waals surface area contributed by atoms with Gasteiger partial charge < -0.3 is 0 Å². The quantitative estimate of drug-likeness (QED) is 0.547. The molecule has 0 aliphatic rings. The summed E-state index contributed by atoms with van der Waals surface area (Å²) >= 11 is 0. The third kappa shape index (κ3) is 5.93. The molecule has 0 aromatic rings. The molecule has 0 aromatic carbocycles. The molecule has 0 aliphatic heterocycles. The van der Waals surface area contributed by atoms with E-state index in [0.717, 1.165) is 19.6 Å². The summed E-state index contributed by atoms with van der Waals surface area (Å²) in [4.78, 5) is 2.27. The Kier molecular flexibility index (Phi) is 6.39. The molecule has 0 aromatic heterocycles. The highest BCUT2D eigenvalue weighted by Crippen LogP contribution is 1.94. The summed E-state index contributed by atoms with van der Waals surface area (Å²) in [5.41, 5.74) is 1.35. The van der Waals surface area contributed by atoms with Gasteiger partial charge in [0.15, 0.2) is 0 Å². The lowest BCUT2D eigenvalue weighted by molar-refractivity contribution is 0.372. The summed E-state index contributed by atoms with van der Waals surface area (Å²) in [5, 5.41) is 0. The molecule has 1 nitrogen and oxygen atoms in total. The average Bonchev–Trinajstić information content (AvgIpc) is 2.01. The predicted octanol–water partition coefficient (Wildman–Crippen LogP) is 2.63. The van der Waals surface area contributed by atoms with Crippen LogP contribution in [0.25, 0.3) is 0 Å². The van der Waals surface area contributed by atoms with Gasteiger partial charge in [-0.15, -0.1) is 13.2 Å². The van der Waals surface area contributed by atoms with Crippen LogP contribution in [0.3, 0.4) is 0 Å². The Hall–Kier alpha value is -0.820. The topological polar surface area (TPSA) is 3.24 Å². The van der Waals surface area contributed by atoms with E-state index in [2.05, 4.69) is 38.0 Å². The lowest BCUT2D eigenvalue weighted by Crippen LogP contribution is -2.23. The Morgan fingerprint density at radius 1 is 1.08 bits per heavy atom. The van der Waals surface area contributed by atoms with Crippen molar-refractivity contribution in [2.24, 2.45) is 0 Å². The minimum atomic E-state index is 0.926. The highest BCUT2D eigenvalue weighted by Gasteiger charge is 1.95. The average molecular weight is 165 g/mol. The van der Waals surface area contributed by atoms with Crippen LogP contribution in [0.15, 0.2) is 37.0 Å². The maximum absolute atomic E-state index is 3.71. The van der Waals surface area contributed by atoms with Crippen LogP contribution in [-0.2, 0) is 0 Å². The van der Waals surface area contributed by atoms with Crippen LogP contribution in [0.1, 0.15) is 13.8 Å². The van der Waals surface area contributed by atoms with Crippen molar-refractivity contribution in [1.29, 1.82) is 0 Å². The third-order valence-corrected chi connectivity index (χ3v) is 1.53. The maximum atomic E-state index is 3.71. The van der Waals surface area contributed by atoms with E-state index in [1.165, 1.54) is 5.57 Å². The summed E-state index contributed by atoms with van der Waals surface area (Å²) in [6, 6.07) is 0. The lowest BCUT2D eigenvalue weighted by Gasteiger charge is -2.16. The molecule has 0 saturated carbocycles. The zero-order chi connectivity index (χ0) is 9.40. The molecule has 12 heavy (non-hydrogen) atoms. The highest BCUT2D eigenvalue weighted by molar-refractivity contribution is 4.96. The summed E-state index contributed by atoms with van der Waals surface area (Å²) in [7, 11) is 0. The van der Waals surface area contributed by atoms with Gasteiger partial charge in [0.2, 0.25) is 0 Å². The molecule has 0 unspecified atom stereocenters. The van der Waals surface area contributed by atoms with Crippen LogP contribution >= 0.6 is 0 Å². The van der Waals surface area contributed by atoms with Crippen LogP contribution < -0.4 is 0 Å². The number of nitrogens with zero attached hydrogens (tertiary/aromatic N) is 1. The van der Waals surface area contributed by atoms with E-state index in [4.69, 9.17) is 0 Å². The van der Waals surface area contributed by atoms with E-state index in [1.807, 2.05) is 12.2 Å². The van der Waals surface area contributed by atoms with Gasteiger partial charge in [-0.3, -0.25) is 4.90 Å². The normalized spacial score (nSPS) is 9.58. The van der Waals surface area contributed by atoms with Crippen molar-refractivity contribution in [2.45, 2.75) is 13.8 Å². The number of allylic oxidation sites excluding steroid dienone is 1. The van der Waals surface area contributed by atoms with Crippen molar-refractivity contribution in [3.63, 3.8) is 0 Å². The van der Waals surface area contributed by atoms with Crippen molar-refractivity contribution < 1.29 is 0 Å². The standard InChI is InChI=1S/C11H19N/c1-5-8-12(9-6-2)10-7-11(3)4/h5-7H,1-2,8-10H2,3-4H3. The molecule has 1 heteroatoms. The first kappa shape index (κ1) is 11.2. The van der Waals surface area contributed by atoms with E-state index >= 15 is 0 Å². The molecule has 68 valence electrons. The van der Waals surface area contributed by atoms with Gasteiger partial charge in [0, 0.05) is 19.6 Å². The van der Waals surface area contributed by atoms with Crippen LogP contribution in [0.5, 0.6) is 0 Å². The van der Waals surface area contributed by atoms with Crippen LogP contribution in [0.2, 0.25) is 0 Å². The second-order valence-corrected chi connectivity index (χ2v) is 3.08. The van der Waals surface area contributed by atoms with Crippen molar-refractivity contribution in [2.75, 3.05) is 19.6 Å². The monoisotopic (exact) mass is 165 g/mol. The fourth-order valence-electron chi connectivity index (χ4n) is 0.900. The summed E-state index contributed by atoms with van der Waals surface area (Å²) in [5.74, 6) is 0. The molecule has 0 saturated heterocycles. The van der Waals surface area contributed by atoms with E-state index in [1.54, 1.807) is 0 Å².